The van der Waals surface area contributed by atoms with Gasteiger partial charge in [0.1, 0.15) is 0 Å². The minimum atomic E-state index is -0.201. The third-order valence-corrected chi connectivity index (χ3v) is 3.96. The van der Waals surface area contributed by atoms with Crippen LogP contribution in [0, 0.1) is 6.92 Å². The molecule has 0 amide bonds. The molecule has 6 heteroatoms. The van der Waals surface area contributed by atoms with Gasteiger partial charge >= 0.3 is 0 Å². The lowest BCUT2D eigenvalue weighted by molar-refractivity contribution is 0.100. The van der Waals surface area contributed by atoms with Crippen LogP contribution < -0.4 is 10.9 Å². The van der Waals surface area contributed by atoms with Gasteiger partial charge in [-0.2, -0.15) is 0 Å². The van der Waals surface area contributed by atoms with Crippen molar-refractivity contribution in [3.05, 3.63) is 76.3 Å². The zero-order valence-electron chi connectivity index (χ0n) is 14.1. The lowest BCUT2D eigenvalue weighted by Crippen LogP contribution is -2.24. The van der Waals surface area contributed by atoms with Gasteiger partial charge in [-0.15, -0.1) is 0 Å². The first kappa shape index (κ1) is 16.6. The number of Topliss-reactive ketones (excluding diaryl/α,β-unsaturated/α-hetero) is 1. The molecular weight excluding hydrogens is 316 g/mol. The third kappa shape index (κ3) is 3.63. The highest BCUT2D eigenvalue weighted by Gasteiger charge is 2.11. The number of hydrogen-bond acceptors (Lipinski definition) is 5. The quantitative estimate of drug-likeness (QED) is 0.725. The fourth-order valence-corrected chi connectivity index (χ4v) is 2.51. The minimum absolute atomic E-state index is 0.0540. The van der Waals surface area contributed by atoms with Crippen molar-refractivity contribution in [3.8, 4) is 11.3 Å². The molecule has 0 atom stereocenters. The first-order chi connectivity index (χ1) is 12.1. The Labute approximate surface area is 145 Å². The molecule has 3 rings (SSSR count). The molecule has 0 aliphatic heterocycles. The summed E-state index contributed by atoms with van der Waals surface area (Å²) < 4.78 is 1.38. The van der Waals surface area contributed by atoms with Crippen molar-refractivity contribution in [2.75, 3.05) is 11.9 Å². The van der Waals surface area contributed by atoms with Crippen molar-refractivity contribution in [1.82, 2.24) is 14.5 Å². The molecule has 126 valence electrons. The zero-order chi connectivity index (χ0) is 17.8. The van der Waals surface area contributed by atoms with Gasteiger partial charge in [0.25, 0.3) is 5.56 Å². The predicted octanol–water partition coefficient (Wildman–Crippen LogP) is 2.45. The number of carbonyl (C=O) groups excluding carboxylic acids is 1. The number of nitrogens with one attached hydrogen (secondary N) is 1. The largest absolute Gasteiger partial charge is 0.348 e. The number of carbonyl (C=O) groups is 1. The maximum absolute atomic E-state index is 12.4. The summed E-state index contributed by atoms with van der Waals surface area (Å²) >= 11 is 0. The molecule has 2 heterocycles. The Bertz CT molecular complexity index is 965. The van der Waals surface area contributed by atoms with Gasteiger partial charge in [0.15, 0.2) is 5.78 Å². The van der Waals surface area contributed by atoms with Gasteiger partial charge in [-0.25, -0.2) is 4.98 Å². The van der Waals surface area contributed by atoms with Gasteiger partial charge in [0, 0.05) is 36.6 Å². The lowest BCUT2D eigenvalue weighted by atomic mass is 10.1. The number of pyridine rings is 1. The van der Waals surface area contributed by atoms with Gasteiger partial charge in [0.05, 0.1) is 12.2 Å². The Morgan fingerprint density at radius 2 is 1.88 bits per heavy atom. The number of hydrogen-bond donors (Lipinski definition) is 1. The number of aryl methyl sites for hydroxylation is 1. The van der Waals surface area contributed by atoms with Gasteiger partial charge < -0.3 is 5.32 Å². The van der Waals surface area contributed by atoms with Crippen LogP contribution in [0.5, 0.6) is 0 Å². The van der Waals surface area contributed by atoms with Gasteiger partial charge in [0.2, 0.25) is 5.95 Å². The molecule has 6 nitrogen and oxygen atoms in total. The summed E-state index contributed by atoms with van der Waals surface area (Å²) in [6.45, 7) is 1.95. The Hall–Kier alpha value is -3.28. The van der Waals surface area contributed by atoms with E-state index in [1.165, 1.54) is 10.6 Å². The molecule has 0 unspecified atom stereocenters. The Morgan fingerprint density at radius 3 is 2.60 bits per heavy atom. The van der Waals surface area contributed by atoms with E-state index in [0.717, 1.165) is 11.1 Å². The normalized spacial score (nSPS) is 10.5. The third-order valence-electron chi connectivity index (χ3n) is 3.96. The number of aromatic nitrogens is 3. The Balaban J connectivity index is 1.85. The van der Waals surface area contributed by atoms with Crippen molar-refractivity contribution in [2.24, 2.45) is 7.05 Å². The molecule has 25 heavy (non-hydrogen) atoms. The number of rotatable bonds is 5. The Morgan fingerprint density at radius 1 is 1.16 bits per heavy atom. The van der Waals surface area contributed by atoms with Crippen LogP contribution in [0.4, 0.5) is 5.95 Å². The summed E-state index contributed by atoms with van der Waals surface area (Å²) in [5.74, 6) is 0.294. The van der Waals surface area contributed by atoms with Crippen LogP contribution in [0.25, 0.3) is 11.3 Å². The summed E-state index contributed by atoms with van der Waals surface area (Å²) in [7, 11) is 1.62. The molecule has 2 aromatic heterocycles. The predicted molar refractivity (Wildman–Crippen MR) is 96.7 cm³/mol. The van der Waals surface area contributed by atoms with Crippen LogP contribution in [0.1, 0.15) is 15.9 Å². The molecule has 0 spiro atoms. The SMILES string of the molecule is Cc1ccccc1C(=O)CNc1nc(-c2ccncc2)cc(=O)n1C. The van der Waals surface area contributed by atoms with Gasteiger partial charge in [-0.3, -0.25) is 19.1 Å². The summed E-state index contributed by atoms with van der Waals surface area (Å²) in [4.78, 5) is 33.0. The number of nitrogens with zero attached hydrogens (tertiary/aromatic N) is 3. The molecule has 3 aromatic rings. The first-order valence-corrected chi connectivity index (χ1v) is 7.87. The van der Waals surface area contributed by atoms with Crippen molar-refractivity contribution in [3.63, 3.8) is 0 Å². The highest BCUT2D eigenvalue weighted by Crippen LogP contribution is 2.16. The standard InChI is InChI=1S/C19H18N4O2/c1-13-5-3-4-6-15(13)17(24)12-21-19-22-16(11-18(25)23(19)2)14-7-9-20-10-8-14/h3-11H,12H2,1-2H3,(H,21,22). The van der Waals surface area contributed by atoms with E-state index in [0.29, 0.717) is 17.2 Å². The van der Waals surface area contributed by atoms with E-state index in [1.807, 2.05) is 25.1 Å². The summed E-state index contributed by atoms with van der Waals surface area (Å²) in [5, 5.41) is 2.98. The van der Waals surface area contributed by atoms with Crippen molar-refractivity contribution >= 4 is 11.7 Å². The first-order valence-electron chi connectivity index (χ1n) is 7.87. The van der Waals surface area contributed by atoms with Crippen LogP contribution in [-0.2, 0) is 7.05 Å². The number of benzene rings is 1. The molecule has 0 aliphatic rings. The van der Waals surface area contributed by atoms with Crippen molar-refractivity contribution in [2.45, 2.75) is 6.92 Å². The molecule has 1 aromatic carbocycles. The van der Waals surface area contributed by atoms with E-state index in [9.17, 15) is 9.59 Å². The van der Waals surface area contributed by atoms with Gasteiger partial charge in [-0.05, 0) is 24.6 Å². The van der Waals surface area contributed by atoms with Crippen LogP contribution >= 0.6 is 0 Å². The second-order valence-corrected chi connectivity index (χ2v) is 5.69. The summed E-state index contributed by atoms with van der Waals surface area (Å²) in [5.41, 5.74) is 2.71. The molecular formula is C19H18N4O2. The van der Waals surface area contributed by atoms with Gasteiger partial charge in [-0.1, -0.05) is 24.3 Å². The number of ketones is 1. The minimum Gasteiger partial charge on any atom is -0.348 e. The molecule has 0 saturated heterocycles. The topological polar surface area (TPSA) is 76.9 Å². The fourth-order valence-electron chi connectivity index (χ4n) is 2.51. The molecule has 0 radical (unpaired) electrons. The highest BCUT2D eigenvalue weighted by atomic mass is 16.1. The van der Waals surface area contributed by atoms with Crippen LogP contribution in [-0.4, -0.2) is 26.9 Å². The molecule has 0 bridgehead atoms. The monoisotopic (exact) mass is 334 g/mol. The zero-order valence-corrected chi connectivity index (χ0v) is 14.1. The maximum Gasteiger partial charge on any atom is 0.255 e. The second-order valence-electron chi connectivity index (χ2n) is 5.69. The smallest absolute Gasteiger partial charge is 0.255 e. The van der Waals surface area contributed by atoms with E-state index < -0.39 is 0 Å². The van der Waals surface area contributed by atoms with Crippen molar-refractivity contribution in [1.29, 1.82) is 0 Å². The second kappa shape index (κ2) is 7.09. The molecule has 0 aliphatic carbocycles. The van der Waals surface area contributed by atoms with Crippen LogP contribution in [0.15, 0.2) is 59.7 Å². The van der Waals surface area contributed by atoms with E-state index in [4.69, 9.17) is 0 Å². The maximum atomic E-state index is 12.4. The Kier molecular flexibility index (Phi) is 4.70. The molecule has 0 fully saturated rings. The van der Waals surface area contributed by atoms with E-state index in [2.05, 4.69) is 15.3 Å². The summed E-state index contributed by atoms with van der Waals surface area (Å²) in [6, 6.07) is 12.4. The van der Waals surface area contributed by atoms with Crippen LogP contribution in [0.2, 0.25) is 0 Å². The van der Waals surface area contributed by atoms with E-state index >= 15 is 0 Å². The van der Waals surface area contributed by atoms with E-state index in [-0.39, 0.29) is 17.9 Å². The summed E-state index contributed by atoms with van der Waals surface area (Å²) in [6.07, 6.45) is 3.28. The highest BCUT2D eigenvalue weighted by molar-refractivity contribution is 6.00. The molecule has 0 saturated carbocycles. The average molecular weight is 334 g/mol. The van der Waals surface area contributed by atoms with Crippen molar-refractivity contribution < 1.29 is 4.79 Å². The van der Waals surface area contributed by atoms with Crippen LogP contribution in [0.3, 0.4) is 0 Å². The lowest BCUT2D eigenvalue weighted by Gasteiger charge is -2.12. The van der Waals surface area contributed by atoms with E-state index in [1.54, 1.807) is 37.6 Å². The number of anilines is 1. The fraction of sp³-hybridized carbons (Fsp3) is 0.158. The average Bonchev–Trinajstić information content (AvgIpc) is 2.63. The molecule has 1 N–H and O–H groups in total.